The largest absolute Gasteiger partial charge is 0.350 e. The fourth-order valence-electron chi connectivity index (χ4n) is 3.82. The van der Waals surface area contributed by atoms with Crippen molar-refractivity contribution in [3.8, 4) is 0 Å². The third-order valence-corrected chi connectivity index (χ3v) is 6.98. The lowest BCUT2D eigenvalue weighted by Gasteiger charge is -2.36. The average molecular weight is 458 g/mol. The molecule has 0 bridgehead atoms. The number of piperidine rings is 1. The van der Waals surface area contributed by atoms with Crippen LogP contribution in [0.5, 0.6) is 0 Å². The molecular weight excluding hydrogens is 434 g/mol. The van der Waals surface area contributed by atoms with E-state index in [0.717, 1.165) is 29.7 Å². The molecule has 3 amide bonds. The van der Waals surface area contributed by atoms with Crippen LogP contribution < -0.4 is 10.2 Å². The average Bonchev–Trinajstić information content (AvgIpc) is 2.80. The quantitative estimate of drug-likeness (QED) is 0.698. The lowest BCUT2D eigenvalue weighted by molar-refractivity contribution is -0.135. The first-order chi connectivity index (χ1) is 15.0. The zero-order valence-electron chi connectivity index (χ0n) is 17.1. The van der Waals surface area contributed by atoms with E-state index < -0.39 is 5.25 Å². The number of nitrogens with one attached hydrogen (secondary N) is 1. The van der Waals surface area contributed by atoms with Crippen LogP contribution in [0.1, 0.15) is 24.8 Å². The fourth-order valence-corrected chi connectivity index (χ4v) is 5.13. The van der Waals surface area contributed by atoms with Gasteiger partial charge in [-0.15, -0.1) is 11.8 Å². The van der Waals surface area contributed by atoms with Gasteiger partial charge in [0.25, 0.3) is 5.91 Å². The minimum Gasteiger partial charge on any atom is -0.350 e. The highest BCUT2D eigenvalue weighted by Gasteiger charge is 2.40. The second kappa shape index (κ2) is 9.75. The van der Waals surface area contributed by atoms with Crippen LogP contribution in [0.2, 0.25) is 5.02 Å². The molecule has 0 spiro atoms. The molecule has 2 aliphatic heterocycles. The van der Waals surface area contributed by atoms with Gasteiger partial charge < -0.3 is 15.1 Å². The van der Waals surface area contributed by atoms with Gasteiger partial charge in [-0.3, -0.25) is 14.4 Å². The molecule has 1 atom stereocenters. The molecule has 0 aliphatic carbocycles. The number of nitrogens with zero attached hydrogens (tertiary/aromatic N) is 2. The Morgan fingerprint density at radius 3 is 2.48 bits per heavy atom. The Morgan fingerprint density at radius 1 is 1.03 bits per heavy atom. The van der Waals surface area contributed by atoms with E-state index in [2.05, 4.69) is 5.32 Å². The van der Waals surface area contributed by atoms with Gasteiger partial charge in [-0.05, 0) is 49.1 Å². The van der Waals surface area contributed by atoms with Crippen LogP contribution in [0, 0.1) is 0 Å². The summed E-state index contributed by atoms with van der Waals surface area (Å²) in [6, 6.07) is 14.6. The van der Waals surface area contributed by atoms with Crippen molar-refractivity contribution in [1.29, 1.82) is 0 Å². The predicted molar refractivity (Wildman–Crippen MR) is 122 cm³/mol. The first-order valence-corrected chi connectivity index (χ1v) is 11.7. The molecule has 2 heterocycles. The zero-order chi connectivity index (χ0) is 21.8. The molecular formula is C23H24ClN3O3S. The molecule has 1 saturated heterocycles. The summed E-state index contributed by atoms with van der Waals surface area (Å²) < 4.78 is 0. The molecule has 6 nitrogen and oxygen atoms in total. The van der Waals surface area contributed by atoms with Crippen LogP contribution in [-0.4, -0.2) is 47.5 Å². The minimum atomic E-state index is -0.850. The summed E-state index contributed by atoms with van der Waals surface area (Å²) in [6.07, 6.45) is 3.04. The Bertz CT molecular complexity index is 976. The topological polar surface area (TPSA) is 69.7 Å². The Labute approximate surface area is 190 Å². The number of carbonyl (C=O) groups is 3. The van der Waals surface area contributed by atoms with Crippen molar-refractivity contribution >= 4 is 46.8 Å². The van der Waals surface area contributed by atoms with Gasteiger partial charge in [0.05, 0.1) is 5.69 Å². The van der Waals surface area contributed by atoms with Crippen molar-refractivity contribution < 1.29 is 14.4 Å². The van der Waals surface area contributed by atoms with Gasteiger partial charge >= 0.3 is 0 Å². The molecule has 0 aromatic heterocycles. The van der Waals surface area contributed by atoms with Gasteiger partial charge in [0.2, 0.25) is 11.8 Å². The summed E-state index contributed by atoms with van der Waals surface area (Å²) >= 11 is 7.18. The zero-order valence-corrected chi connectivity index (χ0v) is 18.6. The van der Waals surface area contributed by atoms with E-state index in [1.165, 1.54) is 16.7 Å². The first kappa shape index (κ1) is 21.7. The minimum absolute atomic E-state index is 0.131. The van der Waals surface area contributed by atoms with Crippen LogP contribution in [0.25, 0.3) is 0 Å². The van der Waals surface area contributed by atoms with Crippen LogP contribution >= 0.6 is 23.4 Å². The summed E-state index contributed by atoms with van der Waals surface area (Å²) in [5.74, 6) is -0.772. The van der Waals surface area contributed by atoms with Crippen molar-refractivity contribution in [3.05, 3.63) is 59.1 Å². The molecule has 2 aliphatic rings. The van der Waals surface area contributed by atoms with Gasteiger partial charge in [-0.1, -0.05) is 35.9 Å². The van der Waals surface area contributed by atoms with Crippen molar-refractivity contribution in [3.63, 3.8) is 0 Å². The smallest absolute Gasteiger partial charge is 0.250 e. The van der Waals surface area contributed by atoms with Crippen molar-refractivity contribution in [2.24, 2.45) is 0 Å². The van der Waals surface area contributed by atoms with Crippen LogP contribution in [0.4, 0.5) is 5.69 Å². The second-order valence-electron chi connectivity index (χ2n) is 7.68. The molecule has 8 heteroatoms. The molecule has 2 aromatic carbocycles. The molecule has 0 saturated carbocycles. The number of carbonyl (C=O) groups excluding carboxylic acids is 3. The highest BCUT2D eigenvalue weighted by molar-refractivity contribution is 8.01. The second-order valence-corrected chi connectivity index (χ2v) is 9.26. The Kier molecular flexibility index (Phi) is 6.83. The Morgan fingerprint density at radius 2 is 1.74 bits per heavy atom. The summed E-state index contributed by atoms with van der Waals surface area (Å²) in [7, 11) is 0. The number of rotatable bonds is 5. The van der Waals surface area contributed by atoms with E-state index in [-0.39, 0.29) is 24.3 Å². The highest BCUT2D eigenvalue weighted by atomic mass is 35.5. The number of likely N-dealkylation sites (tertiary alicyclic amines) is 1. The monoisotopic (exact) mass is 457 g/mol. The van der Waals surface area contributed by atoms with E-state index in [1.54, 1.807) is 17.0 Å². The van der Waals surface area contributed by atoms with Gasteiger partial charge in [0.15, 0.2) is 5.25 Å². The number of para-hydroxylation sites is 1. The van der Waals surface area contributed by atoms with Crippen molar-refractivity contribution in [1.82, 2.24) is 10.2 Å². The summed E-state index contributed by atoms with van der Waals surface area (Å²) in [4.78, 5) is 43.1. The number of halogens is 1. The fraction of sp³-hybridized carbons (Fsp3) is 0.348. The van der Waals surface area contributed by atoms with E-state index in [4.69, 9.17) is 11.6 Å². The van der Waals surface area contributed by atoms with Gasteiger partial charge in [0.1, 0.15) is 6.54 Å². The van der Waals surface area contributed by atoms with E-state index in [9.17, 15) is 14.4 Å². The molecule has 4 rings (SSSR count). The highest BCUT2D eigenvalue weighted by Crippen LogP contribution is 2.39. The summed E-state index contributed by atoms with van der Waals surface area (Å²) in [5.41, 5.74) is 1.58. The van der Waals surface area contributed by atoms with Crippen LogP contribution in [0.15, 0.2) is 53.4 Å². The van der Waals surface area contributed by atoms with Crippen LogP contribution in [-0.2, 0) is 20.9 Å². The Hall–Kier alpha value is -2.51. The third kappa shape index (κ3) is 5.05. The number of anilines is 1. The maximum absolute atomic E-state index is 13.3. The molecule has 2 aromatic rings. The van der Waals surface area contributed by atoms with Gasteiger partial charge in [0, 0.05) is 29.6 Å². The number of thioether (sulfide) groups is 1. The van der Waals surface area contributed by atoms with Crippen LogP contribution in [0.3, 0.4) is 0 Å². The lowest BCUT2D eigenvalue weighted by Crippen LogP contribution is -2.52. The molecule has 162 valence electrons. The molecule has 0 unspecified atom stereocenters. The van der Waals surface area contributed by atoms with Gasteiger partial charge in [-0.25, -0.2) is 0 Å². The van der Waals surface area contributed by atoms with Gasteiger partial charge in [-0.2, -0.15) is 0 Å². The molecule has 1 N–H and O–H groups in total. The molecule has 31 heavy (non-hydrogen) atoms. The SMILES string of the molecule is O=C(CN1C(=O)[C@@H](C(=O)N2CCCCC2)Sc2ccccc21)NCc1ccc(Cl)cc1. The van der Waals surface area contributed by atoms with E-state index in [1.807, 2.05) is 36.4 Å². The maximum atomic E-state index is 13.3. The summed E-state index contributed by atoms with van der Waals surface area (Å²) in [6.45, 7) is 1.58. The maximum Gasteiger partial charge on any atom is 0.250 e. The number of amides is 3. The number of hydrogen-bond donors (Lipinski definition) is 1. The predicted octanol–water partition coefficient (Wildman–Crippen LogP) is 3.48. The normalized spacial score (nSPS) is 18.5. The number of hydrogen-bond acceptors (Lipinski definition) is 4. The molecule has 1 fully saturated rings. The molecule has 0 radical (unpaired) electrons. The lowest BCUT2D eigenvalue weighted by atomic mass is 10.1. The standard InChI is InChI=1S/C23H24ClN3O3S/c24-17-10-8-16(9-11-17)14-25-20(28)15-27-18-6-2-3-7-19(18)31-21(23(27)30)22(29)26-12-4-1-5-13-26/h2-3,6-11,21H,1,4-5,12-15H2,(H,25,28)/t21-/m1/s1. The third-order valence-electron chi connectivity index (χ3n) is 5.49. The van der Waals surface area contributed by atoms with E-state index in [0.29, 0.717) is 30.3 Å². The summed E-state index contributed by atoms with van der Waals surface area (Å²) in [5, 5.41) is 2.63. The Balaban J connectivity index is 1.48. The number of benzene rings is 2. The first-order valence-electron chi connectivity index (χ1n) is 10.4. The number of fused-ring (bicyclic) bond motifs is 1. The van der Waals surface area contributed by atoms with Crippen molar-refractivity contribution in [2.45, 2.75) is 36.0 Å². The van der Waals surface area contributed by atoms with Crippen molar-refractivity contribution in [2.75, 3.05) is 24.5 Å². The van der Waals surface area contributed by atoms with E-state index >= 15 is 0 Å².